The van der Waals surface area contributed by atoms with E-state index < -0.39 is 0 Å². The van der Waals surface area contributed by atoms with E-state index in [9.17, 15) is 0 Å². The molecule has 0 heterocycles. The molecule has 0 fully saturated rings. The Kier molecular flexibility index (Phi) is 5.90. The van der Waals surface area contributed by atoms with Gasteiger partial charge in [-0.15, -0.1) is 0 Å². The first-order chi connectivity index (χ1) is 7.22. The summed E-state index contributed by atoms with van der Waals surface area (Å²) in [7, 11) is 0.509. The van der Waals surface area contributed by atoms with Gasteiger partial charge in [0.05, 0.1) is 6.61 Å². The van der Waals surface area contributed by atoms with Crippen molar-refractivity contribution < 1.29 is 4.52 Å². The van der Waals surface area contributed by atoms with Crippen LogP contribution in [0.1, 0.15) is 37.3 Å². The van der Waals surface area contributed by atoms with Crippen LogP contribution in [0.2, 0.25) is 0 Å². The Hall–Kier alpha value is -0.390. The van der Waals surface area contributed by atoms with Crippen molar-refractivity contribution in [2.24, 2.45) is 0 Å². The van der Waals surface area contributed by atoms with Crippen molar-refractivity contribution in [2.75, 3.05) is 6.61 Å². The molecule has 0 aliphatic heterocycles. The van der Waals surface area contributed by atoms with E-state index in [4.69, 9.17) is 4.52 Å². The van der Waals surface area contributed by atoms with Gasteiger partial charge in [-0.1, -0.05) is 37.0 Å². The summed E-state index contributed by atoms with van der Waals surface area (Å²) in [5, 5.41) is 1.32. The van der Waals surface area contributed by atoms with E-state index >= 15 is 0 Å². The maximum absolute atomic E-state index is 5.66. The van der Waals surface area contributed by atoms with E-state index in [2.05, 4.69) is 39.0 Å². The van der Waals surface area contributed by atoms with Gasteiger partial charge in [0, 0.05) is 8.81 Å². The van der Waals surface area contributed by atoms with E-state index in [-0.39, 0.29) is 0 Å². The summed E-state index contributed by atoms with van der Waals surface area (Å²) >= 11 is 0. The molecule has 0 saturated heterocycles. The SMILES string of the molecule is CCCCCOPc1cc(C)cc(C)c1. The zero-order valence-corrected chi connectivity index (χ0v) is 11.0. The van der Waals surface area contributed by atoms with Crippen molar-refractivity contribution >= 4 is 14.1 Å². The number of aryl methyl sites for hydroxylation is 2. The van der Waals surface area contributed by atoms with Crippen molar-refractivity contribution in [3.63, 3.8) is 0 Å². The summed E-state index contributed by atoms with van der Waals surface area (Å²) in [6, 6.07) is 6.63. The fourth-order valence-electron chi connectivity index (χ4n) is 1.59. The van der Waals surface area contributed by atoms with Gasteiger partial charge in [-0.25, -0.2) is 0 Å². The predicted molar refractivity (Wildman–Crippen MR) is 69.3 cm³/mol. The van der Waals surface area contributed by atoms with Crippen LogP contribution in [0.3, 0.4) is 0 Å². The second kappa shape index (κ2) is 6.98. The van der Waals surface area contributed by atoms with E-state index in [1.807, 2.05) is 0 Å². The molecule has 0 saturated carbocycles. The summed E-state index contributed by atoms with van der Waals surface area (Å²) < 4.78 is 5.66. The molecule has 0 radical (unpaired) electrons. The molecule has 15 heavy (non-hydrogen) atoms. The van der Waals surface area contributed by atoms with E-state index in [1.54, 1.807) is 0 Å². The van der Waals surface area contributed by atoms with Crippen LogP contribution in [-0.4, -0.2) is 6.61 Å². The Labute approximate surface area is 95.1 Å². The Balaban J connectivity index is 2.31. The molecule has 0 bridgehead atoms. The first-order valence-electron chi connectivity index (χ1n) is 5.68. The van der Waals surface area contributed by atoms with Crippen LogP contribution in [0.4, 0.5) is 0 Å². The molecule has 0 aliphatic rings. The standard InChI is InChI=1S/C13H21OP/c1-4-5-6-7-14-15-13-9-11(2)8-12(3)10-13/h8-10,15H,4-7H2,1-3H3. The smallest absolute Gasteiger partial charge is 0.0509 e. The van der Waals surface area contributed by atoms with Crippen LogP contribution in [0.15, 0.2) is 18.2 Å². The van der Waals surface area contributed by atoms with Crippen molar-refractivity contribution in [3.8, 4) is 0 Å². The lowest BCUT2D eigenvalue weighted by molar-refractivity contribution is 0.351. The van der Waals surface area contributed by atoms with Crippen LogP contribution < -0.4 is 5.30 Å². The summed E-state index contributed by atoms with van der Waals surface area (Å²) in [5.41, 5.74) is 2.66. The van der Waals surface area contributed by atoms with Gasteiger partial charge in [-0.05, 0) is 37.7 Å². The molecule has 2 heteroatoms. The maximum Gasteiger partial charge on any atom is 0.0509 e. The second-order valence-electron chi connectivity index (χ2n) is 4.03. The molecule has 0 N–H and O–H groups in total. The third-order valence-electron chi connectivity index (χ3n) is 2.26. The van der Waals surface area contributed by atoms with Gasteiger partial charge >= 0.3 is 0 Å². The van der Waals surface area contributed by atoms with E-state index in [0.717, 1.165) is 6.61 Å². The highest BCUT2D eigenvalue weighted by Gasteiger charge is 1.96. The minimum absolute atomic E-state index is 0.509. The highest BCUT2D eigenvalue weighted by Crippen LogP contribution is 2.15. The molecule has 0 amide bonds. The largest absolute Gasteiger partial charge is 0.358 e. The third-order valence-corrected chi connectivity index (χ3v) is 3.13. The van der Waals surface area contributed by atoms with Gasteiger partial charge in [0.2, 0.25) is 0 Å². The number of unbranched alkanes of at least 4 members (excludes halogenated alkanes) is 2. The second-order valence-corrected chi connectivity index (χ2v) is 5.10. The van der Waals surface area contributed by atoms with Gasteiger partial charge < -0.3 is 4.52 Å². The molecule has 1 aromatic rings. The summed E-state index contributed by atoms with van der Waals surface area (Å²) in [4.78, 5) is 0. The summed E-state index contributed by atoms with van der Waals surface area (Å²) in [6.07, 6.45) is 3.72. The van der Waals surface area contributed by atoms with Gasteiger partial charge in [0.15, 0.2) is 0 Å². The minimum Gasteiger partial charge on any atom is -0.358 e. The summed E-state index contributed by atoms with van der Waals surface area (Å²) in [5.74, 6) is 0. The zero-order valence-electron chi connectivity index (χ0n) is 9.97. The van der Waals surface area contributed by atoms with Gasteiger partial charge in [-0.2, -0.15) is 0 Å². The molecule has 84 valence electrons. The lowest BCUT2D eigenvalue weighted by Gasteiger charge is -2.05. The number of hydrogen-bond acceptors (Lipinski definition) is 1. The van der Waals surface area contributed by atoms with Gasteiger partial charge in [0.1, 0.15) is 0 Å². The average molecular weight is 224 g/mol. The van der Waals surface area contributed by atoms with Crippen LogP contribution >= 0.6 is 8.81 Å². The number of benzene rings is 1. The highest BCUT2D eigenvalue weighted by atomic mass is 31.1. The third kappa shape index (κ3) is 5.30. The lowest BCUT2D eigenvalue weighted by atomic mass is 10.2. The fourth-order valence-corrected chi connectivity index (χ4v) is 2.58. The minimum atomic E-state index is 0.509. The predicted octanol–water partition coefficient (Wildman–Crippen LogP) is 3.73. The Morgan fingerprint density at radius 1 is 1.07 bits per heavy atom. The van der Waals surface area contributed by atoms with Crippen molar-refractivity contribution in [1.82, 2.24) is 0 Å². The molecule has 0 aromatic heterocycles. The fraction of sp³-hybridized carbons (Fsp3) is 0.538. The molecule has 1 rings (SSSR count). The van der Waals surface area contributed by atoms with Crippen LogP contribution in [-0.2, 0) is 4.52 Å². The Bertz CT molecular complexity index is 276. The van der Waals surface area contributed by atoms with Crippen LogP contribution in [0.25, 0.3) is 0 Å². The average Bonchev–Trinajstić information content (AvgIpc) is 2.16. The topological polar surface area (TPSA) is 9.23 Å². The van der Waals surface area contributed by atoms with Gasteiger partial charge in [0.25, 0.3) is 0 Å². The number of hydrogen-bond donors (Lipinski definition) is 0. The molecule has 1 aromatic carbocycles. The molecule has 0 spiro atoms. The van der Waals surface area contributed by atoms with Crippen LogP contribution in [0, 0.1) is 13.8 Å². The van der Waals surface area contributed by atoms with Crippen molar-refractivity contribution in [3.05, 3.63) is 29.3 Å². The highest BCUT2D eigenvalue weighted by molar-refractivity contribution is 7.41. The molecular formula is C13H21OP. The first-order valence-corrected chi connectivity index (χ1v) is 6.59. The normalized spacial score (nSPS) is 11.4. The van der Waals surface area contributed by atoms with E-state index in [0.29, 0.717) is 8.81 Å². The summed E-state index contributed by atoms with van der Waals surface area (Å²) in [6.45, 7) is 7.39. The van der Waals surface area contributed by atoms with E-state index in [1.165, 1.54) is 35.7 Å². The monoisotopic (exact) mass is 224 g/mol. The molecule has 1 nitrogen and oxygen atoms in total. The van der Waals surface area contributed by atoms with Crippen LogP contribution in [0.5, 0.6) is 0 Å². The van der Waals surface area contributed by atoms with Gasteiger partial charge in [-0.3, -0.25) is 0 Å². The Morgan fingerprint density at radius 2 is 1.73 bits per heavy atom. The molecule has 0 aliphatic carbocycles. The Morgan fingerprint density at radius 3 is 2.33 bits per heavy atom. The maximum atomic E-state index is 5.66. The quantitative estimate of drug-likeness (QED) is 0.528. The van der Waals surface area contributed by atoms with Crippen molar-refractivity contribution in [1.29, 1.82) is 0 Å². The first kappa shape index (κ1) is 12.7. The molecule has 1 unspecified atom stereocenters. The molecule has 1 atom stereocenters. The molecular weight excluding hydrogens is 203 g/mol. The zero-order chi connectivity index (χ0) is 11.1. The lowest BCUT2D eigenvalue weighted by Crippen LogP contribution is -1.98. The number of rotatable bonds is 6. The van der Waals surface area contributed by atoms with Crippen molar-refractivity contribution in [2.45, 2.75) is 40.0 Å².